The lowest BCUT2D eigenvalue weighted by molar-refractivity contribution is 0.256. The minimum atomic E-state index is 0.184. The zero-order valence-corrected chi connectivity index (χ0v) is 15.6. The highest BCUT2D eigenvalue weighted by molar-refractivity contribution is 5.44. The summed E-state index contributed by atoms with van der Waals surface area (Å²) in [5.41, 5.74) is 8.34. The highest BCUT2D eigenvalue weighted by Crippen LogP contribution is 2.32. The molecule has 1 atom stereocenters. The van der Waals surface area contributed by atoms with Gasteiger partial charge >= 0.3 is 0 Å². The maximum atomic E-state index is 6.05. The average Bonchev–Trinajstić information content (AvgIpc) is 2.64. The fourth-order valence-corrected chi connectivity index (χ4v) is 2.82. The Hall–Kier alpha value is -2.20. The van der Waals surface area contributed by atoms with Gasteiger partial charge in [0.1, 0.15) is 5.75 Å². The SMILES string of the molecule is COc1cc(CC(CN)c2ccccc2OC)ccc1OCC(C)C. The van der Waals surface area contributed by atoms with Gasteiger partial charge in [-0.25, -0.2) is 0 Å². The summed E-state index contributed by atoms with van der Waals surface area (Å²) in [5.74, 6) is 3.07. The third kappa shape index (κ3) is 5.13. The van der Waals surface area contributed by atoms with Crippen molar-refractivity contribution in [3.05, 3.63) is 53.6 Å². The van der Waals surface area contributed by atoms with E-state index in [2.05, 4.69) is 26.0 Å². The van der Waals surface area contributed by atoms with Crippen molar-refractivity contribution in [1.29, 1.82) is 0 Å². The molecule has 25 heavy (non-hydrogen) atoms. The number of nitrogens with two attached hydrogens (primary N) is 1. The second-order valence-corrected chi connectivity index (χ2v) is 6.57. The highest BCUT2D eigenvalue weighted by Gasteiger charge is 2.16. The molecule has 0 aliphatic heterocycles. The number of para-hydroxylation sites is 1. The van der Waals surface area contributed by atoms with Gasteiger partial charge in [-0.1, -0.05) is 38.1 Å². The van der Waals surface area contributed by atoms with E-state index in [0.717, 1.165) is 34.8 Å². The Morgan fingerprint density at radius 2 is 1.64 bits per heavy atom. The van der Waals surface area contributed by atoms with Crippen LogP contribution in [0, 0.1) is 5.92 Å². The molecular formula is C21H29NO3. The molecule has 1 unspecified atom stereocenters. The topological polar surface area (TPSA) is 53.7 Å². The molecule has 4 heteroatoms. The van der Waals surface area contributed by atoms with Crippen LogP contribution in [-0.2, 0) is 6.42 Å². The maximum Gasteiger partial charge on any atom is 0.161 e. The molecule has 0 saturated carbocycles. The molecule has 0 saturated heterocycles. The third-order valence-corrected chi connectivity index (χ3v) is 4.15. The lowest BCUT2D eigenvalue weighted by Crippen LogP contribution is -2.16. The standard InChI is InChI=1S/C21H29NO3/c1-15(2)14-25-20-10-9-16(12-21(20)24-4)11-17(13-22)18-7-5-6-8-19(18)23-3/h5-10,12,15,17H,11,13-14,22H2,1-4H3. The van der Waals surface area contributed by atoms with E-state index in [-0.39, 0.29) is 5.92 Å². The summed E-state index contributed by atoms with van der Waals surface area (Å²) < 4.78 is 16.8. The van der Waals surface area contributed by atoms with Crippen molar-refractivity contribution in [2.75, 3.05) is 27.4 Å². The molecule has 0 spiro atoms. The van der Waals surface area contributed by atoms with Crippen LogP contribution in [-0.4, -0.2) is 27.4 Å². The largest absolute Gasteiger partial charge is 0.496 e. The highest BCUT2D eigenvalue weighted by atomic mass is 16.5. The molecule has 0 aliphatic rings. The van der Waals surface area contributed by atoms with Gasteiger partial charge < -0.3 is 19.9 Å². The number of rotatable bonds is 9. The normalized spacial score (nSPS) is 12.1. The van der Waals surface area contributed by atoms with Crippen LogP contribution in [0.2, 0.25) is 0 Å². The maximum absolute atomic E-state index is 6.05. The summed E-state index contributed by atoms with van der Waals surface area (Å²) in [4.78, 5) is 0. The quantitative estimate of drug-likeness (QED) is 0.747. The molecule has 2 N–H and O–H groups in total. The molecular weight excluding hydrogens is 314 g/mol. The van der Waals surface area contributed by atoms with Crippen LogP contribution in [0.3, 0.4) is 0 Å². The first-order chi connectivity index (χ1) is 12.1. The van der Waals surface area contributed by atoms with Crippen LogP contribution >= 0.6 is 0 Å². The Kier molecular flexibility index (Phi) is 7.14. The summed E-state index contributed by atoms with van der Waals surface area (Å²) in [6, 6.07) is 14.1. The van der Waals surface area contributed by atoms with E-state index < -0.39 is 0 Å². The number of ether oxygens (including phenoxy) is 3. The van der Waals surface area contributed by atoms with Crippen LogP contribution in [0.25, 0.3) is 0 Å². The number of hydrogen-bond donors (Lipinski definition) is 1. The lowest BCUT2D eigenvalue weighted by atomic mass is 9.91. The van der Waals surface area contributed by atoms with E-state index in [9.17, 15) is 0 Å². The molecule has 2 aromatic rings. The second-order valence-electron chi connectivity index (χ2n) is 6.57. The van der Waals surface area contributed by atoms with E-state index in [1.165, 1.54) is 0 Å². The lowest BCUT2D eigenvalue weighted by Gasteiger charge is -2.19. The first kappa shape index (κ1) is 19.1. The minimum absolute atomic E-state index is 0.184. The number of benzene rings is 2. The zero-order valence-electron chi connectivity index (χ0n) is 15.6. The van der Waals surface area contributed by atoms with Crippen LogP contribution in [0.4, 0.5) is 0 Å². The van der Waals surface area contributed by atoms with Gasteiger partial charge in [0.2, 0.25) is 0 Å². The van der Waals surface area contributed by atoms with Gasteiger partial charge in [-0.3, -0.25) is 0 Å². The van der Waals surface area contributed by atoms with Crippen molar-refractivity contribution in [1.82, 2.24) is 0 Å². The Bertz CT molecular complexity index is 670. The second kappa shape index (κ2) is 9.33. The van der Waals surface area contributed by atoms with E-state index in [1.54, 1.807) is 14.2 Å². The van der Waals surface area contributed by atoms with Crippen LogP contribution in [0.5, 0.6) is 17.2 Å². The van der Waals surface area contributed by atoms with E-state index >= 15 is 0 Å². The Balaban J connectivity index is 2.20. The van der Waals surface area contributed by atoms with Gasteiger partial charge in [0.25, 0.3) is 0 Å². The van der Waals surface area contributed by atoms with Crippen molar-refractivity contribution in [3.63, 3.8) is 0 Å². The van der Waals surface area contributed by atoms with Gasteiger partial charge in [0, 0.05) is 5.92 Å². The van der Waals surface area contributed by atoms with Crippen LogP contribution < -0.4 is 19.9 Å². The van der Waals surface area contributed by atoms with Gasteiger partial charge in [-0.15, -0.1) is 0 Å². The molecule has 136 valence electrons. The monoisotopic (exact) mass is 343 g/mol. The number of methoxy groups -OCH3 is 2. The Labute approximate surface area is 150 Å². The smallest absolute Gasteiger partial charge is 0.161 e. The zero-order chi connectivity index (χ0) is 18.2. The fraction of sp³-hybridized carbons (Fsp3) is 0.429. The molecule has 0 amide bonds. The summed E-state index contributed by atoms with van der Waals surface area (Å²) >= 11 is 0. The predicted octanol–water partition coefficient (Wildman–Crippen LogP) is 4.02. The van der Waals surface area contributed by atoms with E-state index in [1.807, 2.05) is 30.3 Å². The van der Waals surface area contributed by atoms with Crippen molar-refractivity contribution < 1.29 is 14.2 Å². The van der Waals surface area contributed by atoms with Crippen LogP contribution in [0.15, 0.2) is 42.5 Å². The van der Waals surface area contributed by atoms with Crippen molar-refractivity contribution in [2.45, 2.75) is 26.2 Å². The summed E-state index contributed by atoms with van der Waals surface area (Å²) in [7, 11) is 3.36. The molecule has 0 aromatic heterocycles. The van der Waals surface area contributed by atoms with Crippen molar-refractivity contribution >= 4 is 0 Å². The van der Waals surface area contributed by atoms with Gasteiger partial charge in [0.05, 0.1) is 20.8 Å². The molecule has 2 aromatic carbocycles. The summed E-state index contributed by atoms with van der Waals surface area (Å²) in [6.07, 6.45) is 0.817. The third-order valence-electron chi connectivity index (χ3n) is 4.15. The molecule has 0 fully saturated rings. The van der Waals surface area contributed by atoms with Gasteiger partial charge in [-0.05, 0) is 48.2 Å². The van der Waals surface area contributed by atoms with E-state index in [4.69, 9.17) is 19.9 Å². The van der Waals surface area contributed by atoms with Crippen molar-refractivity contribution in [3.8, 4) is 17.2 Å². The van der Waals surface area contributed by atoms with Gasteiger partial charge in [-0.2, -0.15) is 0 Å². The molecule has 4 nitrogen and oxygen atoms in total. The predicted molar refractivity (Wildman–Crippen MR) is 102 cm³/mol. The molecule has 0 bridgehead atoms. The summed E-state index contributed by atoms with van der Waals surface area (Å²) in [5, 5.41) is 0. The first-order valence-corrected chi connectivity index (χ1v) is 8.71. The first-order valence-electron chi connectivity index (χ1n) is 8.71. The molecule has 0 heterocycles. The van der Waals surface area contributed by atoms with Crippen LogP contribution in [0.1, 0.15) is 30.9 Å². The number of hydrogen-bond acceptors (Lipinski definition) is 4. The molecule has 0 aliphatic carbocycles. The fourth-order valence-electron chi connectivity index (χ4n) is 2.82. The Morgan fingerprint density at radius 3 is 2.28 bits per heavy atom. The van der Waals surface area contributed by atoms with E-state index in [0.29, 0.717) is 19.1 Å². The Morgan fingerprint density at radius 1 is 0.920 bits per heavy atom. The molecule has 0 radical (unpaired) electrons. The van der Waals surface area contributed by atoms with Gasteiger partial charge in [0.15, 0.2) is 11.5 Å². The average molecular weight is 343 g/mol. The molecule has 2 rings (SSSR count). The minimum Gasteiger partial charge on any atom is -0.496 e. The summed E-state index contributed by atoms with van der Waals surface area (Å²) in [6.45, 7) is 5.47. The van der Waals surface area contributed by atoms with Crippen molar-refractivity contribution in [2.24, 2.45) is 11.7 Å².